The summed E-state index contributed by atoms with van der Waals surface area (Å²) in [6, 6.07) is 13.3. The fourth-order valence-corrected chi connectivity index (χ4v) is 2.87. The van der Waals surface area contributed by atoms with Gasteiger partial charge in [-0.1, -0.05) is 24.3 Å². The van der Waals surface area contributed by atoms with Gasteiger partial charge in [-0.05, 0) is 43.2 Å². The largest absolute Gasteiger partial charge is 0.492 e. The molecule has 1 amide bonds. The highest BCUT2D eigenvalue weighted by atomic mass is 16.5. The molecule has 0 radical (unpaired) electrons. The number of carbonyl (C=O) groups is 1. The van der Waals surface area contributed by atoms with Crippen LogP contribution in [0.2, 0.25) is 0 Å². The molecule has 2 aromatic carbocycles. The third kappa shape index (κ3) is 4.73. The first-order chi connectivity index (χ1) is 13.0. The highest BCUT2D eigenvalue weighted by molar-refractivity contribution is 5.80. The van der Waals surface area contributed by atoms with E-state index in [1.165, 1.54) is 10.9 Å². The summed E-state index contributed by atoms with van der Waals surface area (Å²) in [6.45, 7) is 5.02. The number of hydrogen-bond acceptors (Lipinski definition) is 4. The van der Waals surface area contributed by atoms with Crippen molar-refractivity contribution in [1.82, 2.24) is 14.9 Å². The van der Waals surface area contributed by atoms with Crippen LogP contribution in [-0.4, -0.2) is 28.6 Å². The molecule has 0 aliphatic carbocycles. The van der Waals surface area contributed by atoms with Crippen molar-refractivity contribution in [2.45, 2.75) is 26.8 Å². The number of carbonyl (C=O) groups excluding carboxylic acids is 1. The van der Waals surface area contributed by atoms with Crippen molar-refractivity contribution in [2.75, 3.05) is 13.2 Å². The first-order valence-corrected chi connectivity index (χ1v) is 8.95. The van der Waals surface area contributed by atoms with E-state index in [9.17, 15) is 9.59 Å². The molecule has 140 valence electrons. The van der Waals surface area contributed by atoms with Gasteiger partial charge in [-0.15, -0.1) is 0 Å². The lowest BCUT2D eigenvalue weighted by molar-refractivity contribution is -0.121. The minimum atomic E-state index is -0.126. The maximum atomic E-state index is 12.5. The van der Waals surface area contributed by atoms with Crippen LogP contribution in [-0.2, 0) is 11.3 Å². The van der Waals surface area contributed by atoms with Gasteiger partial charge in [0.15, 0.2) is 0 Å². The molecule has 0 fully saturated rings. The minimum absolute atomic E-state index is 0.126. The van der Waals surface area contributed by atoms with Gasteiger partial charge in [0.2, 0.25) is 5.91 Å². The Morgan fingerprint density at radius 3 is 2.81 bits per heavy atom. The van der Waals surface area contributed by atoms with E-state index < -0.39 is 0 Å². The standard InChI is InChI=1S/C21H23N3O3/c1-15-5-3-7-17(13-15)27-12-10-22-19(25)9-11-24-14-23-20-16(2)6-4-8-18(20)21(24)26/h3-8,13-14H,9-12H2,1-2H3,(H,22,25). The van der Waals surface area contributed by atoms with Gasteiger partial charge in [-0.2, -0.15) is 0 Å². The topological polar surface area (TPSA) is 73.2 Å². The summed E-state index contributed by atoms with van der Waals surface area (Å²) < 4.78 is 7.08. The van der Waals surface area contributed by atoms with E-state index in [2.05, 4.69) is 10.3 Å². The molecule has 1 aromatic heterocycles. The van der Waals surface area contributed by atoms with Crippen LogP contribution < -0.4 is 15.6 Å². The van der Waals surface area contributed by atoms with Crippen LogP contribution in [0.4, 0.5) is 0 Å². The molecular formula is C21H23N3O3. The summed E-state index contributed by atoms with van der Waals surface area (Å²) in [6.07, 6.45) is 1.72. The van der Waals surface area contributed by atoms with E-state index in [-0.39, 0.29) is 17.9 Å². The molecule has 0 saturated carbocycles. The van der Waals surface area contributed by atoms with E-state index in [4.69, 9.17) is 4.74 Å². The lowest BCUT2D eigenvalue weighted by atomic mass is 10.1. The summed E-state index contributed by atoms with van der Waals surface area (Å²) >= 11 is 0. The van der Waals surface area contributed by atoms with Gasteiger partial charge in [0.05, 0.1) is 23.8 Å². The molecule has 0 bridgehead atoms. The van der Waals surface area contributed by atoms with Crippen LogP contribution in [0.15, 0.2) is 53.6 Å². The average molecular weight is 365 g/mol. The van der Waals surface area contributed by atoms with Gasteiger partial charge in [0, 0.05) is 13.0 Å². The maximum Gasteiger partial charge on any atom is 0.261 e. The number of amides is 1. The lowest BCUT2D eigenvalue weighted by Crippen LogP contribution is -2.30. The SMILES string of the molecule is Cc1cccc(OCCNC(=O)CCn2cnc3c(C)cccc3c2=O)c1. The number of nitrogens with one attached hydrogen (secondary N) is 1. The Kier molecular flexibility index (Phi) is 5.86. The van der Waals surface area contributed by atoms with Gasteiger partial charge in [-0.3, -0.25) is 14.2 Å². The van der Waals surface area contributed by atoms with E-state index in [0.717, 1.165) is 16.9 Å². The zero-order valence-electron chi connectivity index (χ0n) is 15.6. The summed E-state index contributed by atoms with van der Waals surface area (Å²) in [4.78, 5) is 28.9. The molecule has 6 nitrogen and oxygen atoms in total. The number of aromatic nitrogens is 2. The fraction of sp³-hybridized carbons (Fsp3) is 0.286. The van der Waals surface area contributed by atoms with E-state index in [0.29, 0.717) is 30.6 Å². The Bertz CT molecular complexity index is 1010. The summed E-state index contributed by atoms with van der Waals surface area (Å²) in [5.41, 5.74) is 2.67. The third-order valence-electron chi connectivity index (χ3n) is 4.32. The van der Waals surface area contributed by atoms with Crippen LogP contribution in [0.5, 0.6) is 5.75 Å². The van der Waals surface area contributed by atoms with Crippen LogP contribution >= 0.6 is 0 Å². The number of fused-ring (bicyclic) bond motifs is 1. The van der Waals surface area contributed by atoms with E-state index in [1.807, 2.05) is 50.2 Å². The highest BCUT2D eigenvalue weighted by Gasteiger charge is 2.07. The van der Waals surface area contributed by atoms with Crippen LogP contribution in [0.3, 0.4) is 0 Å². The first-order valence-electron chi connectivity index (χ1n) is 8.95. The minimum Gasteiger partial charge on any atom is -0.492 e. The zero-order valence-corrected chi connectivity index (χ0v) is 15.6. The van der Waals surface area contributed by atoms with Crippen LogP contribution in [0, 0.1) is 13.8 Å². The van der Waals surface area contributed by atoms with Crippen molar-refractivity contribution in [3.63, 3.8) is 0 Å². The van der Waals surface area contributed by atoms with Crippen molar-refractivity contribution in [3.8, 4) is 5.75 Å². The molecular weight excluding hydrogens is 342 g/mol. The Balaban J connectivity index is 1.48. The van der Waals surface area contributed by atoms with Crippen LogP contribution in [0.25, 0.3) is 10.9 Å². The smallest absolute Gasteiger partial charge is 0.261 e. The van der Waals surface area contributed by atoms with Gasteiger partial charge >= 0.3 is 0 Å². The number of aryl methyl sites for hydroxylation is 3. The normalized spacial score (nSPS) is 10.7. The highest BCUT2D eigenvalue weighted by Crippen LogP contribution is 2.12. The molecule has 0 spiro atoms. The zero-order chi connectivity index (χ0) is 19.2. The second-order valence-corrected chi connectivity index (χ2v) is 6.48. The van der Waals surface area contributed by atoms with Gasteiger partial charge in [0.25, 0.3) is 5.56 Å². The molecule has 0 saturated heterocycles. The summed E-state index contributed by atoms with van der Waals surface area (Å²) in [7, 11) is 0. The molecule has 3 aromatic rings. The Morgan fingerprint density at radius 1 is 1.19 bits per heavy atom. The molecule has 6 heteroatoms. The number of ether oxygens (including phenoxy) is 1. The predicted octanol–water partition coefficient (Wildman–Crippen LogP) is 2.60. The molecule has 27 heavy (non-hydrogen) atoms. The first kappa shape index (κ1) is 18.6. The van der Waals surface area contributed by atoms with Gasteiger partial charge in [-0.25, -0.2) is 4.98 Å². The number of para-hydroxylation sites is 1. The van der Waals surface area contributed by atoms with Crippen molar-refractivity contribution in [3.05, 3.63) is 70.3 Å². The van der Waals surface area contributed by atoms with E-state index >= 15 is 0 Å². The number of hydrogen-bond donors (Lipinski definition) is 1. The number of benzene rings is 2. The Morgan fingerprint density at radius 2 is 2.00 bits per heavy atom. The second kappa shape index (κ2) is 8.49. The lowest BCUT2D eigenvalue weighted by Gasteiger charge is -2.09. The molecule has 1 heterocycles. The van der Waals surface area contributed by atoms with Gasteiger partial charge in [0.1, 0.15) is 12.4 Å². The fourth-order valence-electron chi connectivity index (χ4n) is 2.87. The molecule has 0 aliphatic rings. The van der Waals surface area contributed by atoms with Crippen molar-refractivity contribution >= 4 is 16.8 Å². The van der Waals surface area contributed by atoms with Crippen LogP contribution in [0.1, 0.15) is 17.5 Å². The maximum absolute atomic E-state index is 12.5. The molecule has 0 aliphatic heterocycles. The van der Waals surface area contributed by atoms with Gasteiger partial charge < -0.3 is 10.1 Å². The van der Waals surface area contributed by atoms with E-state index in [1.54, 1.807) is 6.07 Å². The quantitative estimate of drug-likeness (QED) is 0.653. The molecule has 3 rings (SSSR count). The Hall–Kier alpha value is -3.15. The average Bonchev–Trinajstić information content (AvgIpc) is 2.65. The third-order valence-corrected chi connectivity index (χ3v) is 4.32. The Labute approximate surface area is 157 Å². The van der Waals surface area contributed by atoms with Crippen molar-refractivity contribution in [1.29, 1.82) is 0 Å². The molecule has 0 atom stereocenters. The number of nitrogens with zero attached hydrogens (tertiary/aromatic N) is 2. The monoisotopic (exact) mass is 365 g/mol. The summed E-state index contributed by atoms with van der Waals surface area (Å²) in [5.74, 6) is 0.660. The summed E-state index contributed by atoms with van der Waals surface area (Å²) in [5, 5.41) is 3.38. The van der Waals surface area contributed by atoms with Crippen molar-refractivity contribution < 1.29 is 9.53 Å². The molecule has 1 N–H and O–H groups in total. The number of rotatable bonds is 7. The predicted molar refractivity (Wildman–Crippen MR) is 105 cm³/mol. The molecule has 0 unspecified atom stereocenters. The second-order valence-electron chi connectivity index (χ2n) is 6.48. The van der Waals surface area contributed by atoms with Crippen molar-refractivity contribution in [2.24, 2.45) is 0 Å².